The van der Waals surface area contributed by atoms with Gasteiger partial charge in [-0.1, -0.05) is 6.07 Å². The van der Waals surface area contributed by atoms with Crippen LogP contribution in [0.2, 0.25) is 0 Å². The van der Waals surface area contributed by atoms with Crippen molar-refractivity contribution in [2.45, 2.75) is 13.0 Å². The van der Waals surface area contributed by atoms with Crippen molar-refractivity contribution < 1.29 is 13.5 Å². The van der Waals surface area contributed by atoms with Crippen LogP contribution >= 0.6 is 0 Å². The quantitative estimate of drug-likeness (QED) is 0.904. The molecule has 1 N–H and O–H groups in total. The minimum Gasteiger partial charge on any atom is -0.494 e. The predicted molar refractivity (Wildman–Crippen MR) is 67.3 cm³/mol. The predicted octanol–water partition coefficient (Wildman–Crippen LogP) is 3.04. The third-order valence-corrected chi connectivity index (χ3v) is 2.96. The molecule has 1 unspecified atom stereocenters. The lowest BCUT2D eigenvalue weighted by molar-refractivity contribution is 0.385. The van der Waals surface area contributed by atoms with E-state index in [1.165, 1.54) is 13.2 Å². The van der Waals surface area contributed by atoms with E-state index in [9.17, 15) is 4.39 Å². The number of rotatable bonds is 4. The molecule has 96 valence electrons. The number of furan rings is 1. The third kappa shape index (κ3) is 2.24. The van der Waals surface area contributed by atoms with Gasteiger partial charge in [0.05, 0.1) is 19.4 Å². The summed E-state index contributed by atoms with van der Waals surface area (Å²) in [6.07, 6.45) is 1.63. The fourth-order valence-electron chi connectivity index (χ4n) is 1.99. The highest BCUT2D eigenvalue weighted by molar-refractivity contribution is 5.35. The first kappa shape index (κ1) is 12.6. The van der Waals surface area contributed by atoms with Crippen LogP contribution in [0, 0.1) is 12.7 Å². The Bertz CT molecular complexity index is 536. The van der Waals surface area contributed by atoms with Crippen LogP contribution in [0.15, 0.2) is 34.9 Å². The molecule has 0 spiro atoms. The summed E-state index contributed by atoms with van der Waals surface area (Å²) < 4.78 is 24.1. The lowest BCUT2D eigenvalue weighted by atomic mass is 10.0. The standard InChI is InChI=1S/C14H16FNO2/c1-9-6-7-18-14(9)13(16-2)10-4-5-12(17-3)11(15)8-10/h4-8,13,16H,1-3H3. The van der Waals surface area contributed by atoms with Crippen molar-refractivity contribution in [1.82, 2.24) is 5.32 Å². The molecule has 0 saturated carbocycles. The van der Waals surface area contributed by atoms with Gasteiger partial charge in [-0.15, -0.1) is 0 Å². The Morgan fingerprint density at radius 1 is 1.33 bits per heavy atom. The highest BCUT2D eigenvalue weighted by Gasteiger charge is 2.18. The van der Waals surface area contributed by atoms with E-state index in [0.29, 0.717) is 0 Å². The van der Waals surface area contributed by atoms with Gasteiger partial charge in [-0.2, -0.15) is 0 Å². The SMILES string of the molecule is CNC(c1ccc(OC)c(F)c1)c1occc1C. The molecular formula is C14H16FNO2. The van der Waals surface area contributed by atoms with Gasteiger partial charge in [0.1, 0.15) is 5.76 Å². The van der Waals surface area contributed by atoms with E-state index in [2.05, 4.69) is 5.32 Å². The monoisotopic (exact) mass is 249 g/mol. The summed E-state index contributed by atoms with van der Waals surface area (Å²) >= 11 is 0. The van der Waals surface area contributed by atoms with Crippen molar-refractivity contribution >= 4 is 0 Å². The van der Waals surface area contributed by atoms with Gasteiger partial charge in [0.2, 0.25) is 0 Å². The Morgan fingerprint density at radius 3 is 2.61 bits per heavy atom. The highest BCUT2D eigenvalue weighted by Crippen LogP contribution is 2.28. The minimum absolute atomic E-state index is 0.166. The summed E-state index contributed by atoms with van der Waals surface area (Å²) in [6, 6.07) is 6.63. The topological polar surface area (TPSA) is 34.4 Å². The summed E-state index contributed by atoms with van der Waals surface area (Å²) in [4.78, 5) is 0. The van der Waals surface area contributed by atoms with E-state index >= 15 is 0 Å². The molecule has 4 heteroatoms. The maximum absolute atomic E-state index is 13.7. The van der Waals surface area contributed by atoms with Crippen molar-refractivity contribution in [3.63, 3.8) is 0 Å². The molecule has 0 amide bonds. The number of methoxy groups -OCH3 is 1. The van der Waals surface area contributed by atoms with Gasteiger partial charge in [0.25, 0.3) is 0 Å². The number of halogens is 1. The van der Waals surface area contributed by atoms with Gasteiger partial charge in [-0.3, -0.25) is 0 Å². The Labute approximate surface area is 106 Å². The summed E-state index contributed by atoms with van der Waals surface area (Å²) in [7, 11) is 3.26. The van der Waals surface area contributed by atoms with E-state index < -0.39 is 0 Å². The Kier molecular flexibility index (Phi) is 3.67. The van der Waals surface area contributed by atoms with Crippen LogP contribution in [0.3, 0.4) is 0 Å². The van der Waals surface area contributed by atoms with Crippen LogP contribution in [0.1, 0.15) is 22.9 Å². The molecule has 0 fully saturated rings. The molecule has 18 heavy (non-hydrogen) atoms. The molecule has 1 atom stereocenters. The van der Waals surface area contributed by atoms with Crippen LogP contribution in [-0.2, 0) is 0 Å². The number of hydrogen-bond acceptors (Lipinski definition) is 3. The summed E-state index contributed by atoms with van der Waals surface area (Å²) in [5.74, 6) is 0.659. The lowest BCUT2D eigenvalue weighted by Gasteiger charge is -2.16. The van der Waals surface area contributed by atoms with Crippen molar-refractivity contribution in [3.8, 4) is 5.75 Å². The zero-order chi connectivity index (χ0) is 13.1. The highest BCUT2D eigenvalue weighted by atomic mass is 19.1. The maximum Gasteiger partial charge on any atom is 0.165 e. The van der Waals surface area contributed by atoms with Crippen LogP contribution in [0.25, 0.3) is 0 Å². The second kappa shape index (κ2) is 5.23. The minimum atomic E-state index is -0.376. The van der Waals surface area contributed by atoms with Gasteiger partial charge in [0, 0.05) is 0 Å². The van der Waals surface area contributed by atoms with Crippen molar-refractivity contribution in [3.05, 3.63) is 53.2 Å². The smallest absolute Gasteiger partial charge is 0.165 e. The molecule has 0 aliphatic heterocycles. The molecular weight excluding hydrogens is 233 g/mol. The normalized spacial score (nSPS) is 12.4. The number of nitrogens with one attached hydrogen (secondary N) is 1. The fraction of sp³-hybridized carbons (Fsp3) is 0.286. The van der Waals surface area contributed by atoms with Gasteiger partial charge >= 0.3 is 0 Å². The zero-order valence-electron chi connectivity index (χ0n) is 10.7. The van der Waals surface area contributed by atoms with Crippen molar-refractivity contribution in [1.29, 1.82) is 0 Å². The van der Waals surface area contributed by atoms with Crippen LogP contribution in [0.4, 0.5) is 4.39 Å². The van der Waals surface area contributed by atoms with Crippen LogP contribution < -0.4 is 10.1 Å². The van der Waals surface area contributed by atoms with E-state index in [-0.39, 0.29) is 17.6 Å². The van der Waals surface area contributed by atoms with Gasteiger partial charge in [-0.05, 0) is 43.3 Å². The number of hydrogen-bond donors (Lipinski definition) is 1. The molecule has 0 bridgehead atoms. The maximum atomic E-state index is 13.7. The molecule has 1 heterocycles. The molecule has 0 saturated heterocycles. The summed E-state index contributed by atoms with van der Waals surface area (Å²) in [5.41, 5.74) is 1.83. The van der Waals surface area contributed by atoms with Crippen LogP contribution in [-0.4, -0.2) is 14.2 Å². The third-order valence-electron chi connectivity index (χ3n) is 2.96. The van der Waals surface area contributed by atoms with E-state index in [1.807, 2.05) is 26.1 Å². The second-order valence-electron chi connectivity index (χ2n) is 4.08. The molecule has 2 rings (SSSR count). The Balaban J connectivity index is 2.40. The first-order chi connectivity index (χ1) is 8.67. The van der Waals surface area contributed by atoms with Crippen LogP contribution in [0.5, 0.6) is 5.75 Å². The number of aryl methyl sites for hydroxylation is 1. The van der Waals surface area contributed by atoms with Gasteiger partial charge < -0.3 is 14.5 Å². The molecule has 0 radical (unpaired) electrons. The average Bonchev–Trinajstić information content (AvgIpc) is 2.77. The zero-order valence-corrected chi connectivity index (χ0v) is 10.7. The lowest BCUT2D eigenvalue weighted by Crippen LogP contribution is -2.18. The largest absolute Gasteiger partial charge is 0.494 e. The second-order valence-corrected chi connectivity index (χ2v) is 4.08. The van der Waals surface area contributed by atoms with Crippen molar-refractivity contribution in [2.75, 3.05) is 14.2 Å². The van der Waals surface area contributed by atoms with Gasteiger partial charge in [0.15, 0.2) is 11.6 Å². The van der Waals surface area contributed by atoms with E-state index in [0.717, 1.165) is 16.9 Å². The summed E-state index contributed by atoms with van der Waals surface area (Å²) in [6.45, 7) is 1.96. The van der Waals surface area contributed by atoms with E-state index in [4.69, 9.17) is 9.15 Å². The number of benzene rings is 1. The molecule has 2 aromatic rings. The molecule has 1 aromatic heterocycles. The van der Waals surface area contributed by atoms with Gasteiger partial charge in [-0.25, -0.2) is 4.39 Å². The van der Waals surface area contributed by atoms with Crippen molar-refractivity contribution in [2.24, 2.45) is 0 Å². The molecule has 0 aliphatic carbocycles. The number of ether oxygens (including phenoxy) is 1. The first-order valence-electron chi connectivity index (χ1n) is 5.72. The Morgan fingerprint density at radius 2 is 2.11 bits per heavy atom. The Hall–Kier alpha value is -1.81. The average molecular weight is 249 g/mol. The fourth-order valence-corrected chi connectivity index (χ4v) is 1.99. The summed E-state index contributed by atoms with van der Waals surface area (Å²) in [5, 5.41) is 3.13. The van der Waals surface area contributed by atoms with E-state index in [1.54, 1.807) is 12.3 Å². The molecule has 0 aliphatic rings. The molecule has 1 aromatic carbocycles. The first-order valence-corrected chi connectivity index (χ1v) is 5.72. The molecule has 3 nitrogen and oxygen atoms in total.